The number of aliphatic hydroxyl groups excluding tert-OH is 1. The molecule has 2 aromatic rings. The number of rotatable bonds is 3. The lowest BCUT2D eigenvalue weighted by molar-refractivity contribution is -0.137. The number of carbonyl (C=O) groups excluding carboxylic acids is 1. The Morgan fingerprint density at radius 2 is 1.94 bits per heavy atom. The number of hydrogen-bond acceptors (Lipinski definition) is 4. The fourth-order valence-electron chi connectivity index (χ4n) is 4.80. The zero-order valence-corrected chi connectivity index (χ0v) is 18.0. The van der Waals surface area contributed by atoms with Gasteiger partial charge in [0.2, 0.25) is 0 Å². The standard InChI is InChI=1S/C23H28F3N3O2/c1-13-17(28-16-6-4-5-7-19(16)30)8-14(11-27-13)29-12-15(23(24,25)26)21-18(29)9-22(2,3)10-20(21)31/h8,11-12,16,19,28,30H,4-7,9-10H2,1-3H3. The number of Topliss-reactive ketones (excluding diaryl/α,β-unsaturated/α-hetero) is 1. The Balaban J connectivity index is 1.79. The van der Waals surface area contributed by atoms with Crippen molar-refractivity contribution >= 4 is 11.5 Å². The predicted molar refractivity (Wildman–Crippen MR) is 112 cm³/mol. The molecule has 2 heterocycles. The Morgan fingerprint density at radius 1 is 1.23 bits per heavy atom. The van der Waals surface area contributed by atoms with Gasteiger partial charge in [0, 0.05) is 18.3 Å². The molecule has 1 saturated carbocycles. The van der Waals surface area contributed by atoms with Gasteiger partial charge < -0.3 is 15.0 Å². The number of carbonyl (C=O) groups is 1. The van der Waals surface area contributed by atoms with Crippen LogP contribution in [0.2, 0.25) is 0 Å². The summed E-state index contributed by atoms with van der Waals surface area (Å²) in [5.74, 6) is -0.471. The molecule has 2 aliphatic carbocycles. The second-order valence-corrected chi connectivity index (χ2v) is 9.60. The highest BCUT2D eigenvalue weighted by molar-refractivity contribution is 6.00. The molecule has 0 aromatic carbocycles. The Kier molecular flexibility index (Phi) is 5.40. The fraction of sp³-hybridized carbons (Fsp3) is 0.565. The van der Waals surface area contributed by atoms with Crippen LogP contribution in [0.3, 0.4) is 0 Å². The minimum Gasteiger partial charge on any atom is -0.391 e. The van der Waals surface area contributed by atoms with E-state index in [1.807, 2.05) is 20.8 Å². The van der Waals surface area contributed by atoms with E-state index >= 15 is 0 Å². The second kappa shape index (κ2) is 7.65. The zero-order valence-electron chi connectivity index (χ0n) is 18.0. The number of halogens is 3. The van der Waals surface area contributed by atoms with Gasteiger partial charge in [0.1, 0.15) is 0 Å². The smallest absolute Gasteiger partial charge is 0.391 e. The van der Waals surface area contributed by atoms with Crippen molar-refractivity contribution in [3.05, 3.63) is 41.0 Å². The van der Waals surface area contributed by atoms with E-state index in [1.165, 1.54) is 10.8 Å². The molecule has 1 fully saturated rings. The summed E-state index contributed by atoms with van der Waals surface area (Å²) in [5.41, 5.74) is 0.703. The van der Waals surface area contributed by atoms with E-state index in [9.17, 15) is 23.1 Å². The predicted octanol–water partition coefficient (Wildman–Crippen LogP) is 5.07. The molecule has 2 N–H and O–H groups in total. The monoisotopic (exact) mass is 435 g/mol. The number of hydrogen-bond donors (Lipinski definition) is 2. The highest BCUT2D eigenvalue weighted by atomic mass is 19.4. The number of alkyl halides is 3. The van der Waals surface area contributed by atoms with Crippen molar-refractivity contribution < 1.29 is 23.1 Å². The lowest BCUT2D eigenvalue weighted by Gasteiger charge is -2.31. The number of fused-ring (bicyclic) bond motifs is 1. The number of aliphatic hydroxyl groups is 1. The van der Waals surface area contributed by atoms with Crippen LogP contribution in [0.25, 0.3) is 5.69 Å². The first-order chi connectivity index (χ1) is 14.5. The number of aryl methyl sites for hydroxylation is 1. The van der Waals surface area contributed by atoms with Crippen molar-refractivity contribution in [2.45, 2.75) is 77.6 Å². The number of pyridine rings is 1. The van der Waals surface area contributed by atoms with Crippen molar-refractivity contribution in [1.29, 1.82) is 0 Å². The normalized spacial score (nSPS) is 23.5. The van der Waals surface area contributed by atoms with Gasteiger partial charge >= 0.3 is 6.18 Å². The van der Waals surface area contributed by atoms with Crippen molar-refractivity contribution in [1.82, 2.24) is 9.55 Å². The van der Waals surface area contributed by atoms with Gasteiger partial charge in [-0.1, -0.05) is 26.7 Å². The first kappa shape index (κ1) is 21.9. The molecule has 0 amide bonds. The maximum atomic E-state index is 13.7. The van der Waals surface area contributed by atoms with E-state index in [0.29, 0.717) is 29.2 Å². The lowest BCUT2D eigenvalue weighted by Crippen LogP contribution is -2.36. The quantitative estimate of drug-likeness (QED) is 0.706. The summed E-state index contributed by atoms with van der Waals surface area (Å²) in [6.07, 6.45) is 1.47. The Morgan fingerprint density at radius 3 is 2.61 bits per heavy atom. The van der Waals surface area contributed by atoms with E-state index < -0.39 is 29.0 Å². The summed E-state index contributed by atoms with van der Waals surface area (Å²) in [4.78, 5) is 17.1. The molecule has 31 heavy (non-hydrogen) atoms. The van der Waals surface area contributed by atoms with Gasteiger partial charge in [-0.2, -0.15) is 13.2 Å². The van der Waals surface area contributed by atoms with Crippen LogP contribution in [0.1, 0.15) is 73.3 Å². The van der Waals surface area contributed by atoms with E-state index in [0.717, 1.165) is 31.9 Å². The third-order valence-electron chi connectivity index (χ3n) is 6.40. The molecule has 2 atom stereocenters. The van der Waals surface area contributed by atoms with Crippen molar-refractivity contribution in [3.8, 4) is 5.69 Å². The van der Waals surface area contributed by atoms with Crippen molar-refractivity contribution in [2.24, 2.45) is 5.41 Å². The Labute approximate surface area is 179 Å². The topological polar surface area (TPSA) is 67.2 Å². The minimum absolute atomic E-state index is 0.0889. The summed E-state index contributed by atoms with van der Waals surface area (Å²) in [6.45, 7) is 5.60. The molecular weight excluding hydrogens is 407 g/mol. The van der Waals surface area contributed by atoms with Crippen molar-refractivity contribution in [3.63, 3.8) is 0 Å². The summed E-state index contributed by atoms with van der Waals surface area (Å²) < 4.78 is 42.7. The molecule has 2 aromatic heterocycles. The number of anilines is 1. The van der Waals surface area contributed by atoms with Crippen LogP contribution >= 0.6 is 0 Å². The summed E-state index contributed by atoms with van der Waals surface area (Å²) in [5, 5.41) is 13.6. The summed E-state index contributed by atoms with van der Waals surface area (Å²) >= 11 is 0. The highest BCUT2D eigenvalue weighted by Crippen LogP contribution is 2.43. The van der Waals surface area contributed by atoms with Crippen LogP contribution in [0.4, 0.5) is 18.9 Å². The first-order valence-corrected chi connectivity index (χ1v) is 10.7. The van der Waals surface area contributed by atoms with Gasteiger partial charge in [0.15, 0.2) is 5.78 Å². The zero-order chi connectivity index (χ0) is 22.6. The van der Waals surface area contributed by atoms with Crippen LogP contribution in [0, 0.1) is 12.3 Å². The van der Waals surface area contributed by atoms with E-state index in [1.54, 1.807) is 6.07 Å². The molecule has 5 nitrogen and oxygen atoms in total. The molecule has 0 bridgehead atoms. The maximum Gasteiger partial charge on any atom is 0.418 e. The third-order valence-corrected chi connectivity index (χ3v) is 6.40. The van der Waals surface area contributed by atoms with Crippen LogP contribution < -0.4 is 5.32 Å². The average Bonchev–Trinajstić information content (AvgIpc) is 3.04. The summed E-state index contributed by atoms with van der Waals surface area (Å²) in [7, 11) is 0. The highest BCUT2D eigenvalue weighted by Gasteiger charge is 2.43. The molecule has 4 rings (SSSR count). The molecular formula is C23H28F3N3O2. The molecule has 8 heteroatoms. The molecule has 168 valence electrons. The van der Waals surface area contributed by atoms with E-state index in [4.69, 9.17) is 0 Å². The van der Waals surface area contributed by atoms with Gasteiger partial charge in [-0.3, -0.25) is 9.78 Å². The fourth-order valence-corrected chi connectivity index (χ4v) is 4.80. The number of ketones is 1. The molecule has 0 aliphatic heterocycles. The van der Waals surface area contributed by atoms with E-state index in [2.05, 4.69) is 10.3 Å². The van der Waals surface area contributed by atoms with Crippen LogP contribution in [-0.4, -0.2) is 32.6 Å². The molecule has 2 aliphatic rings. The second-order valence-electron chi connectivity index (χ2n) is 9.60. The van der Waals surface area contributed by atoms with Crippen LogP contribution in [-0.2, 0) is 12.6 Å². The Hall–Kier alpha value is -2.35. The first-order valence-electron chi connectivity index (χ1n) is 10.7. The number of aromatic nitrogens is 2. The largest absolute Gasteiger partial charge is 0.418 e. The SMILES string of the molecule is Cc1ncc(-n2cc(C(F)(F)F)c3c2CC(C)(C)CC3=O)cc1NC1CCCCC1O. The van der Waals surface area contributed by atoms with E-state index in [-0.39, 0.29) is 18.0 Å². The Bertz CT molecular complexity index is 1010. The maximum absolute atomic E-state index is 13.7. The average molecular weight is 435 g/mol. The van der Waals surface area contributed by atoms with Crippen LogP contribution in [0.15, 0.2) is 18.5 Å². The van der Waals surface area contributed by atoms with Gasteiger partial charge in [0.25, 0.3) is 0 Å². The molecule has 2 unspecified atom stereocenters. The molecule has 0 spiro atoms. The van der Waals surface area contributed by atoms with Gasteiger partial charge in [0.05, 0.1) is 46.5 Å². The molecule has 0 radical (unpaired) electrons. The van der Waals surface area contributed by atoms with Gasteiger partial charge in [-0.05, 0) is 37.7 Å². The van der Waals surface area contributed by atoms with Gasteiger partial charge in [-0.15, -0.1) is 0 Å². The van der Waals surface area contributed by atoms with Crippen LogP contribution in [0.5, 0.6) is 0 Å². The van der Waals surface area contributed by atoms with Gasteiger partial charge in [-0.25, -0.2) is 0 Å². The third kappa shape index (κ3) is 4.22. The number of nitrogens with one attached hydrogen (secondary N) is 1. The lowest BCUT2D eigenvalue weighted by atomic mass is 9.75. The summed E-state index contributed by atoms with van der Waals surface area (Å²) in [6, 6.07) is 1.64. The number of nitrogens with zero attached hydrogens (tertiary/aromatic N) is 2. The van der Waals surface area contributed by atoms with Crippen molar-refractivity contribution in [2.75, 3.05) is 5.32 Å². The minimum atomic E-state index is -4.61. The molecule has 0 saturated heterocycles.